The molecule has 8 aromatic rings. The van der Waals surface area contributed by atoms with Crippen LogP contribution < -0.4 is 19.0 Å². The second-order valence-corrected chi connectivity index (χ2v) is 13.1. The van der Waals surface area contributed by atoms with E-state index in [9.17, 15) is 40.5 Å². The highest BCUT2D eigenvalue weighted by molar-refractivity contribution is 5.70. The smallest absolute Gasteiger partial charge is 0.340 e. The van der Waals surface area contributed by atoms with Crippen LogP contribution in [0.3, 0.4) is 0 Å². The van der Waals surface area contributed by atoms with E-state index in [1.54, 1.807) is 30.3 Å². The summed E-state index contributed by atoms with van der Waals surface area (Å²) in [5, 5.41) is 64.1. The summed E-state index contributed by atoms with van der Waals surface area (Å²) in [5.41, 5.74) is 3.50. The number of non-ortho nitro benzene ring substituents is 4. The lowest BCUT2D eigenvalue weighted by Crippen LogP contribution is -2.43. The van der Waals surface area contributed by atoms with Crippen molar-refractivity contribution >= 4 is 22.7 Å². The standard InChI is InChI=1S/C40H28N12O10/c1-61-37-23-27(7-21-35(37)45-40(26-5-11-32(12-6-26)50(55)56)43-46(44-45)29-13-17-33(18-14-29)51(57)58)28-8-22-36(38(24-28)62-2)48-42-39(25-3-9-31(10-4-25)49(53)54)41-47(48)30-15-19-34(20-16-30)52(59)60/h3-24H,1-2H3/q+2. The van der Waals surface area contributed by atoms with Crippen LogP contribution in [0.15, 0.2) is 133 Å². The van der Waals surface area contributed by atoms with Gasteiger partial charge in [-0.15, -0.1) is 0 Å². The molecule has 0 saturated carbocycles. The minimum atomic E-state index is -0.522. The zero-order valence-corrected chi connectivity index (χ0v) is 32.2. The van der Waals surface area contributed by atoms with Crippen molar-refractivity contribution in [2.24, 2.45) is 0 Å². The van der Waals surface area contributed by atoms with Crippen LogP contribution >= 0.6 is 0 Å². The molecule has 8 rings (SSSR count). The largest absolute Gasteiger partial charge is 0.493 e. The Kier molecular flexibility index (Phi) is 10.3. The van der Waals surface area contributed by atoms with Gasteiger partial charge in [-0.1, -0.05) is 10.7 Å². The van der Waals surface area contributed by atoms with E-state index in [0.29, 0.717) is 56.5 Å². The van der Waals surface area contributed by atoms with Gasteiger partial charge in [0, 0.05) is 58.1 Å². The first-order valence-corrected chi connectivity index (χ1v) is 18.1. The van der Waals surface area contributed by atoms with Crippen LogP contribution in [0, 0.1) is 40.5 Å². The second-order valence-electron chi connectivity index (χ2n) is 13.1. The highest BCUT2D eigenvalue weighted by atomic mass is 16.6. The van der Waals surface area contributed by atoms with E-state index in [2.05, 4.69) is 15.4 Å². The van der Waals surface area contributed by atoms with E-state index in [1.807, 2.05) is 6.07 Å². The van der Waals surface area contributed by atoms with Crippen molar-refractivity contribution < 1.29 is 38.6 Å². The van der Waals surface area contributed by atoms with Gasteiger partial charge in [-0.25, -0.2) is 0 Å². The molecule has 0 saturated heterocycles. The van der Waals surface area contributed by atoms with Gasteiger partial charge in [0.25, 0.3) is 22.7 Å². The summed E-state index contributed by atoms with van der Waals surface area (Å²) in [6, 6.07) is 33.3. The number of hydrogen-bond donors (Lipinski definition) is 0. The molecular weight excluding hydrogens is 809 g/mol. The van der Waals surface area contributed by atoms with E-state index in [0.717, 1.165) is 0 Å². The SMILES string of the molecule is COc1cc(-c2ccc(-[n+]3nc(-c4ccc([N+](=O)[O-])cc4)nn3-c3ccc([N+](=O)[O-])cc3)c(OC)c2)ccc1-[n+]1nn(-c2ccc([N+](=O)[O-])cc2)nc1-c1ccc([N+](=O)[O-])cc1. The summed E-state index contributed by atoms with van der Waals surface area (Å²) >= 11 is 0. The lowest BCUT2D eigenvalue weighted by Gasteiger charge is -2.11. The third-order valence-corrected chi connectivity index (χ3v) is 9.51. The van der Waals surface area contributed by atoms with E-state index in [-0.39, 0.29) is 34.4 Å². The van der Waals surface area contributed by atoms with Gasteiger partial charge < -0.3 is 9.47 Å². The van der Waals surface area contributed by atoms with Crippen molar-refractivity contribution in [2.45, 2.75) is 0 Å². The minimum absolute atomic E-state index is 0.115. The normalized spacial score (nSPS) is 10.9. The van der Waals surface area contributed by atoms with Crippen molar-refractivity contribution in [2.75, 3.05) is 14.2 Å². The number of rotatable bonds is 13. The van der Waals surface area contributed by atoms with Crippen LogP contribution in [0.2, 0.25) is 0 Å². The van der Waals surface area contributed by atoms with Crippen molar-refractivity contribution in [3.8, 4) is 68.2 Å². The fraction of sp³-hybridized carbons (Fsp3) is 0.0500. The zero-order valence-electron chi connectivity index (χ0n) is 32.2. The molecule has 306 valence electrons. The summed E-state index contributed by atoms with van der Waals surface area (Å²) in [6.45, 7) is 0. The molecule has 2 heterocycles. The van der Waals surface area contributed by atoms with Gasteiger partial charge >= 0.3 is 11.6 Å². The number of nitro groups is 4. The first-order valence-electron chi connectivity index (χ1n) is 18.1. The van der Waals surface area contributed by atoms with Gasteiger partial charge in [-0.05, 0) is 99.9 Å². The number of aromatic nitrogens is 8. The lowest BCUT2D eigenvalue weighted by molar-refractivity contribution is -0.734. The Morgan fingerprint density at radius 2 is 0.919 bits per heavy atom. The molecule has 62 heavy (non-hydrogen) atoms. The van der Waals surface area contributed by atoms with Crippen LogP contribution in [-0.4, -0.2) is 64.0 Å². The number of nitrogens with zero attached hydrogens (tertiary/aromatic N) is 12. The maximum absolute atomic E-state index is 11.4. The Morgan fingerprint density at radius 1 is 0.500 bits per heavy atom. The van der Waals surface area contributed by atoms with Crippen LogP contribution in [0.4, 0.5) is 22.7 Å². The molecule has 22 nitrogen and oxygen atoms in total. The molecule has 2 aromatic heterocycles. The van der Waals surface area contributed by atoms with Crippen LogP contribution in [0.5, 0.6) is 11.5 Å². The van der Waals surface area contributed by atoms with Gasteiger partial charge in [-0.3, -0.25) is 40.5 Å². The maximum atomic E-state index is 11.4. The van der Waals surface area contributed by atoms with E-state index in [1.165, 1.54) is 130 Å². The molecule has 0 unspecified atom stereocenters. The minimum Gasteiger partial charge on any atom is -0.493 e. The van der Waals surface area contributed by atoms with Crippen LogP contribution in [0.1, 0.15) is 0 Å². The fourth-order valence-corrected chi connectivity index (χ4v) is 6.39. The number of methoxy groups -OCH3 is 2. The van der Waals surface area contributed by atoms with Crippen molar-refractivity contribution in [3.63, 3.8) is 0 Å². The second kappa shape index (κ2) is 16.1. The van der Waals surface area contributed by atoms with Crippen LogP contribution in [0.25, 0.3) is 56.7 Å². The summed E-state index contributed by atoms with van der Waals surface area (Å²) in [4.78, 5) is 47.4. The lowest BCUT2D eigenvalue weighted by atomic mass is 10.0. The first-order chi connectivity index (χ1) is 29.9. The highest BCUT2D eigenvalue weighted by Crippen LogP contribution is 2.33. The van der Waals surface area contributed by atoms with Gasteiger partial charge in [-0.2, -0.15) is 0 Å². The number of nitro benzene ring substituents is 4. The van der Waals surface area contributed by atoms with Crippen molar-refractivity contribution in [1.82, 2.24) is 30.1 Å². The third-order valence-electron chi connectivity index (χ3n) is 9.51. The molecule has 0 aliphatic rings. The molecule has 0 atom stereocenters. The number of hydrogen-bond acceptors (Lipinski definition) is 14. The van der Waals surface area contributed by atoms with E-state index < -0.39 is 19.7 Å². The quantitative estimate of drug-likeness (QED) is 0.0727. The predicted molar refractivity (Wildman–Crippen MR) is 215 cm³/mol. The number of ether oxygens (including phenoxy) is 2. The molecule has 0 bridgehead atoms. The monoisotopic (exact) mass is 836 g/mol. The molecule has 0 aliphatic heterocycles. The summed E-state index contributed by atoms with van der Waals surface area (Å²) in [6.07, 6.45) is 0. The number of benzene rings is 6. The molecule has 0 N–H and O–H groups in total. The summed E-state index contributed by atoms with van der Waals surface area (Å²) in [7, 11) is 2.95. The Morgan fingerprint density at radius 3 is 1.40 bits per heavy atom. The molecule has 0 aliphatic carbocycles. The van der Waals surface area contributed by atoms with Crippen molar-refractivity contribution in [1.29, 1.82) is 0 Å². The van der Waals surface area contributed by atoms with E-state index in [4.69, 9.17) is 14.6 Å². The van der Waals surface area contributed by atoms with Gasteiger partial charge in [0.15, 0.2) is 22.9 Å². The molecule has 22 heteroatoms. The predicted octanol–water partition coefficient (Wildman–Crippen LogP) is 6.05. The Hall–Kier alpha value is -9.34. The number of tetrazole rings is 2. The Balaban J connectivity index is 1.20. The topological polar surface area (TPSA) is 260 Å². The first kappa shape index (κ1) is 39.5. The van der Waals surface area contributed by atoms with E-state index >= 15 is 0 Å². The van der Waals surface area contributed by atoms with Crippen molar-refractivity contribution in [3.05, 3.63) is 174 Å². The molecule has 0 spiro atoms. The Bertz CT molecular complexity index is 2840. The van der Waals surface area contributed by atoms with Gasteiger partial charge in [0.05, 0.1) is 60.5 Å². The molecular formula is C40H28N12O10+2. The third kappa shape index (κ3) is 7.55. The van der Waals surface area contributed by atoms with Gasteiger partial charge in [0.2, 0.25) is 5.69 Å². The van der Waals surface area contributed by atoms with Gasteiger partial charge in [0.1, 0.15) is 5.69 Å². The fourth-order valence-electron chi connectivity index (χ4n) is 6.39. The Labute approximate surface area is 347 Å². The molecule has 0 fully saturated rings. The molecule has 0 amide bonds. The zero-order chi connectivity index (χ0) is 43.7. The summed E-state index contributed by atoms with van der Waals surface area (Å²) < 4.78 is 13.2. The molecule has 0 radical (unpaired) electrons. The molecule has 6 aromatic carbocycles. The average molecular weight is 837 g/mol. The van der Waals surface area contributed by atoms with Crippen LogP contribution in [-0.2, 0) is 0 Å². The highest BCUT2D eigenvalue weighted by Gasteiger charge is 2.30. The summed E-state index contributed by atoms with van der Waals surface area (Å²) in [5.74, 6) is 1.18. The average Bonchev–Trinajstić information content (AvgIpc) is 3.95. The maximum Gasteiger partial charge on any atom is 0.340 e.